The fraction of sp³-hybridized carbons (Fsp3) is 0. The molecule has 0 atom stereocenters. The molecule has 2 nitrogen and oxygen atoms in total. The van der Waals surface area contributed by atoms with Crippen molar-refractivity contribution in [2.24, 2.45) is 0 Å². The minimum Gasteiger partial charge on any atom is -0.693 e. The van der Waals surface area contributed by atoms with Crippen molar-refractivity contribution in [1.82, 2.24) is 0 Å². The van der Waals surface area contributed by atoms with Crippen LogP contribution in [-0.4, -0.2) is 0 Å². The van der Waals surface area contributed by atoms with E-state index in [2.05, 4.69) is 0 Å². The topological polar surface area (TPSA) is 67.0 Å². The van der Waals surface area contributed by atoms with Gasteiger partial charge in [0.25, 0.3) is 0 Å². The maximum atomic E-state index is 0. The molecule has 0 aliphatic carbocycles. The van der Waals surface area contributed by atoms with Gasteiger partial charge in [-0.3, -0.25) is 0 Å². The predicted octanol–water partition coefficient (Wildman–Crippen LogP) is 2.33. The molecule has 0 unspecified atom stereocenters. The third kappa shape index (κ3) is 84.7. The zero-order valence-electron chi connectivity index (χ0n) is 3.47. The third-order valence-corrected chi connectivity index (χ3v) is 0. The minimum atomic E-state index is 0. The van der Waals surface area contributed by atoms with E-state index < -0.39 is 0 Å². The molecule has 4 N–H and O–H groups in total. The molecule has 0 aliphatic heterocycles. The van der Waals surface area contributed by atoms with E-state index in [0.29, 0.717) is 0 Å². The molecule has 0 aromatic rings. The summed E-state index contributed by atoms with van der Waals surface area (Å²) in [5.74, 6) is 0. The van der Waals surface area contributed by atoms with E-state index in [1.54, 1.807) is 0 Å². The summed E-state index contributed by atoms with van der Waals surface area (Å²) >= 11 is 0. The van der Waals surface area contributed by atoms with Gasteiger partial charge in [0.1, 0.15) is 0 Å². The first-order valence-corrected chi connectivity index (χ1v) is 0. The second kappa shape index (κ2) is 162. The van der Waals surface area contributed by atoms with E-state index in [4.69, 9.17) is 0 Å². The average molecular weight is 257 g/mol. The summed E-state index contributed by atoms with van der Waals surface area (Å²) in [5.41, 5.74) is 0. The summed E-state index contributed by atoms with van der Waals surface area (Å²) in [4.78, 5) is 0. The standard InChI is InChI=1S/2CH3.2H2N.Pt/h2*1H3;2*1H2;/q4*-1;+4. The molecule has 0 fully saturated rings. The maximum absolute atomic E-state index is 0. The molecule has 0 aromatic heterocycles. The zero-order valence-corrected chi connectivity index (χ0v) is 5.74. The average Bonchev–Trinajstić information content (AvgIpc) is 0. The Morgan fingerprint density at radius 2 is 0.600 bits per heavy atom. The van der Waals surface area contributed by atoms with Gasteiger partial charge in [-0.05, 0) is 0 Å². The van der Waals surface area contributed by atoms with Crippen LogP contribution in [0.1, 0.15) is 0 Å². The molecule has 5 heavy (non-hydrogen) atoms. The number of nitrogens with two attached hydrogens (primary N) is 2. The van der Waals surface area contributed by atoms with Gasteiger partial charge in [-0.2, -0.15) is 0 Å². The fourth-order valence-electron chi connectivity index (χ4n) is 0. The van der Waals surface area contributed by atoms with Gasteiger partial charge < -0.3 is 27.2 Å². The second-order valence-corrected chi connectivity index (χ2v) is 0. The van der Waals surface area contributed by atoms with E-state index in [-0.39, 0.29) is 48.2 Å². The zero-order chi connectivity index (χ0) is 0. The molecule has 0 amide bonds. The molecular formula is C2H10N2Pt. The largest absolute Gasteiger partial charge is 4.00 e. The van der Waals surface area contributed by atoms with Crippen LogP contribution in [0.3, 0.4) is 0 Å². The van der Waals surface area contributed by atoms with Crippen LogP contribution < -0.4 is 0 Å². The van der Waals surface area contributed by atoms with Gasteiger partial charge in [-0.25, -0.2) is 0 Å². The Kier molecular flexibility index (Phi) is 10400. The van der Waals surface area contributed by atoms with Crippen molar-refractivity contribution in [2.75, 3.05) is 0 Å². The maximum Gasteiger partial charge on any atom is 4.00 e. The van der Waals surface area contributed by atoms with Crippen LogP contribution in [0.2, 0.25) is 0 Å². The molecule has 0 heterocycles. The minimum absolute atomic E-state index is 0. The molecule has 0 spiro atoms. The van der Waals surface area contributed by atoms with Gasteiger partial charge >= 0.3 is 21.1 Å². The van der Waals surface area contributed by atoms with E-state index in [1.807, 2.05) is 0 Å². The van der Waals surface area contributed by atoms with E-state index in [1.165, 1.54) is 0 Å². The van der Waals surface area contributed by atoms with Gasteiger partial charge in [0.15, 0.2) is 0 Å². The Morgan fingerprint density at radius 1 is 0.600 bits per heavy atom. The molecule has 0 bridgehead atoms. The van der Waals surface area contributed by atoms with Crippen LogP contribution in [0.4, 0.5) is 0 Å². The Morgan fingerprint density at radius 3 is 0.600 bits per heavy atom. The molecule has 0 rings (SSSR count). The van der Waals surface area contributed by atoms with Crippen LogP contribution in [0.25, 0.3) is 12.3 Å². The molecule has 0 aromatic carbocycles. The van der Waals surface area contributed by atoms with Crippen LogP contribution in [-0.2, 0) is 21.1 Å². The van der Waals surface area contributed by atoms with Crippen molar-refractivity contribution in [1.29, 1.82) is 0 Å². The van der Waals surface area contributed by atoms with Gasteiger partial charge in [0.05, 0.1) is 0 Å². The van der Waals surface area contributed by atoms with Gasteiger partial charge in [-0.1, -0.05) is 0 Å². The van der Waals surface area contributed by atoms with Gasteiger partial charge in [0, 0.05) is 0 Å². The monoisotopic (exact) mass is 257 g/mol. The summed E-state index contributed by atoms with van der Waals surface area (Å²) in [7, 11) is 0. The smallest absolute Gasteiger partial charge is 0.693 e. The molecule has 0 aliphatic rings. The number of hydrogen-bond acceptors (Lipinski definition) is 0. The molecule has 0 saturated carbocycles. The summed E-state index contributed by atoms with van der Waals surface area (Å²) in [6.45, 7) is 0. The summed E-state index contributed by atoms with van der Waals surface area (Å²) in [6, 6.07) is 0. The SMILES string of the molecule is [CH3-].[CH3-].[NH2-].[NH2-].[Pt+4]. The molecule has 0 saturated heterocycles. The van der Waals surface area contributed by atoms with Crippen LogP contribution >= 0.6 is 0 Å². The van der Waals surface area contributed by atoms with E-state index in [0.717, 1.165) is 0 Å². The first-order chi connectivity index (χ1) is 0. The Labute approximate surface area is 48.8 Å². The number of rotatable bonds is 0. The second-order valence-electron chi connectivity index (χ2n) is 0. The predicted molar refractivity (Wildman–Crippen MR) is 23.4 cm³/mol. The van der Waals surface area contributed by atoms with Crippen LogP contribution in [0.15, 0.2) is 0 Å². The molecule has 0 radical (unpaired) electrons. The van der Waals surface area contributed by atoms with Crippen molar-refractivity contribution in [3.8, 4) is 0 Å². The summed E-state index contributed by atoms with van der Waals surface area (Å²) in [6.07, 6.45) is 0. The van der Waals surface area contributed by atoms with E-state index >= 15 is 0 Å². The molecule has 38 valence electrons. The quantitative estimate of drug-likeness (QED) is 0.598. The Hall–Kier alpha value is 0.608. The fourth-order valence-corrected chi connectivity index (χ4v) is 0. The van der Waals surface area contributed by atoms with Crippen molar-refractivity contribution >= 4 is 0 Å². The molecular weight excluding hydrogens is 247 g/mol. The Balaban J connectivity index is 0. The van der Waals surface area contributed by atoms with Crippen molar-refractivity contribution < 1.29 is 21.1 Å². The molecule has 3 heteroatoms. The normalized spacial score (nSPS) is 0. The van der Waals surface area contributed by atoms with Crippen LogP contribution in [0.5, 0.6) is 0 Å². The third-order valence-electron chi connectivity index (χ3n) is 0. The van der Waals surface area contributed by atoms with Crippen molar-refractivity contribution in [3.05, 3.63) is 27.2 Å². The van der Waals surface area contributed by atoms with Crippen LogP contribution in [0, 0.1) is 14.9 Å². The van der Waals surface area contributed by atoms with Gasteiger partial charge in [0.2, 0.25) is 0 Å². The Bertz CT molecular complexity index is 7.61. The summed E-state index contributed by atoms with van der Waals surface area (Å²) < 4.78 is 0. The first kappa shape index (κ1) is 322. The van der Waals surface area contributed by atoms with Gasteiger partial charge in [-0.15, -0.1) is 0 Å². The first-order valence-electron chi connectivity index (χ1n) is 0. The van der Waals surface area contributed by atoms with Crippen molar-refractivity contribution in [2.45, 2.75) is 0 Å². The van der Waals surface area contributed by atoms with Crippen molar-refractivity contribution in [3.63, 3.8) is 0 Å². The number of hydrogen-bond donors (Lipinski definition) is 0. The summed E-state index contributed by atoms with van der Waals surface area (Å²) in [5, 5.41) is 0. The van der Waals surface area contributed by atoms with E-state index in [9.17, 15) is 0 Å².